The Morgan fingerprint density at radius 1 is 1.19 bits per heavy atom. The molecule has 0 radical (unpaired) electrons. The highest BCUT2D eigenvalue weighted by Crippen LogP contribution is 2.10. The normalized spacial score (nSPS) is 16.4. The molecule has 6 heteroatoms. The van der Waals surface area contributed by atoms with E-state index in [1.165, 1.54) is 0 Å². The molecule has 5 N–H and O–H groups in total. The molecule has 1 rings (SSSR count). The van der Waals surface area contributed by atoms with Crippen molar-refractivity contribution in [1.29, 1.82) is 0 Å². The molecule has 6 nitrogen and oxygen atoms in total. The molecule has 0 atom stereocenters. The molecule has 96 valence electrons. The molecule has 0 bridgehead atoms. The number of carboxylic acid groups (broad SMARTS) is 1. The number of carboxylic acids is 1. The van der Waals surface area contributed by atoms with E-state index in [1.807, 2.05) is 0 Å². The van der Waals surface area contributed by atoms with Crippen molar-refractivity contribution in [2.45, 2.75) is 12.8 Å². The molecule has 0 aliphatic carbocycles. The summed E-state index contributed by atoms with van der Waals surface area (Å²) in [6.45, 7) is 3.13. The van der Waals surface area contributed by atoms with E-state index in [-0.39, 0.29) is 19.1 Å². The van der Waals surface area contributed by atoms with Crippen LogP contribution >= 0.6 is 0 Å². The van der Waals surface area contributed by atoms with Gasteiger partial charge < -0.3 is 26.0 Å². The van der Waals surface area contributed by atoms with Crippen molar-refractivity contribution in [3.05, 3.63) is 0 Å². The summed E-state index contributed by atoms with van der Waals surface area (Å²) in [5.74, 6) is -0.734. The van der Waals surface area contributed by atoms with Gasteiger partial charge in [0.1, 0.15) is 0 Å². The molecule has 0 aromatic heterocycles. The first kappa shape index (κ1) is 15.3. The van der Waals surface area contributed by atoms with Crippen molar-refractivity contribution in [1.82, 2.24) is 10.6 Å². The molecule has 0 saturated carbocycles. The van der Waals surface area contributed by atoms with Crippen molar-refractivity contribution in [2.24, 2.45) is 5.92 Å². The molecule has 16 heavy (non-hydrogen) atoms. The molecule has 0 spiro atoms. The van der Waals surface area contributed by atoms with Crippen LogP contribution in [0.2, 0.25) is 0 Å². The number of hydrogen-bond donors (Lipinski definition) is 5. The Labute approximate surface area is 95.7 Å². The van der Waals surface area contributed by atoms with Gasteiger partial charge in [0.05, 0.1) is 19.1 Å². The topological polar surface area (TPSA) is 102 Å². The predicted molar refractivity (Wildman–Crippen MR) is 60.3 cm³/mol. The van der Waals surface area contributed by atoms with Gasteiger partial charge in [-0.25, -0.2) is 0 Å². The number of rotatable bonds is 5. The first-order valence-electron chi connectivity index (χ1n) is 5.58. The molecule has 0 unspecified atom stereocenters. The average Bonchev–Trinajstić information content (AvgIpc) is 2.32. The standard InChI is InChI=1S/C6H11NO2.C4H11NO2/c8-6(9)5-1-3-7-4-2-5;6-3-1-5-2-4-7/h5,7H,1-4H2,(H,8,9);5-7H,1-4H2. The van der Waals surface area contributed by atoms with Crippen LogP contribution < -0.4 is 10.6 Å². The van der Waals surface area contributed by atoms with Crippen molar-refractivity contribution in [3.8, 4) is 0 Å². The fourth-order valence-electron chi connectivity index (χ4n) is 1.35. The van der Waals surface area contributed by atoms with E-state index in [0.29, 0.717) is 13.1 Å². The Bertz CT molecular complexity index is 168. The van der Waals surface area contributed by atoms with Crippen LogP contribution in [0.1, 0.15) is 12.8 Å². The zero-order chi connectivity index (χ0) is 12.2. The third-order valence-corrected chi connectivity index (χ3v) is 2.27. The highest BCUT2D eigenvalue weighted by atomic mass is 16.4. The van der Waals surface area contributed by atoms with Gasteiger partial charge in [0.25, 0.3) is 0 Å². The number of hydrogen-bond acceptors (Lipinski definition) is 5. The maximum absolute atomic E-state index is 10.3. The lowest BCUT2D eigenvalue weighted by Crippen LogP contribution is -2.31. The second-order valence-corrected chi connectivity index (χ2v) is 3.56. The molecule has 0 amide bonds. The average molecular weight is 234 g/mol. The number of piperidine rings is 1. The summed E-state index contributed by atoms with van der Waals surface area (Å²) in [4.78, 5) is 10.3. The summed E-state index contributed by atoms with van der Waals surface area (Å²) >= 11 is 0. The zero-order valence-corrected chi connectivity index (χ0v) is 9.48. The molecule has 1 aliphatic heterocycles. The second-order valence-electron chi connectivity index (χ2n) is 3.56. The summed E-state index contributed by atoms with van der Waals surface area (Å²) in [6.07, 6.45) is 1.57. The fourth-order valence-corrected chi connectivity index (χ4v) is 1.35. The molecule has 1 saturated heterocycles. The number of carbonyl (C=O) groups is 1. The van der Waals surface area contributed by atoms with Gasteiger partial charge in [0, 0.05) is 13.1 Å². The van der Waals surface area contributed by atoms with E-state index in [2.05, 4.69) is 10.6 Å². The van der Waals surface area contributed by atoms with Gasteiger partial charge in [0.15, 0.2) is 0 Å². The maximum Gasteiger partial charge on any atom is 0.306 e. The van der Waals surface area contributed by atoms with Gasteiger partial charge in [-0.1, -0.05) is 0 Å². The first-order valence-corrected chi connectivity index (χ1v) is 5.58. The van der Waals surface area contributed by atoms with Crippen molar-refractivity contribution >= 4 is 5.97 Å². The third-order valence-electron chi connectivity index (χ3n) is 2.27. The zero-order valence-electron chi connectivity index (χ0n) is 9.48. The van der Waals surface area contributed by atoms with Crippen LogP contribution in [0.5, 0.6) is 0 Å². The van der Waals surface area contributed by atoms with E-state index < -0.39 is 5.97 Å². The Morgan fingerprint density at radius 3 is 2.00 bits per heavy atom. The minimum atomic E-state index is -0.642. The monoisotopic (exact) mass is 234 g/mol. The second kappa shape index (κ2) is 10.8. The van der Waals surface area contributed by atoms with Crippen LogP contribution in [-0.2, 0) is 4.79 Å². The fraction of sp³-hybridized carbons (Fsp3) is 0.900. The predicted octanol–water partition coefficient (Wildman–Crippen LogP) is -1.37. The van der Waals surface area contributed by atoms with E-state index in [9.17, 15) is 4.79 Å². The van der Waals surface area contributed by atoms with Crippen LogP contribution in [0.4, 0.5) is 0 Å². The largest absolute Gasteiger partial charge is 0.481 e. The van der Waals surface area contributed by atoms with Crippen LogP contribution in [0.25, 0.3) is 0 Å². The lowest BCUT2D eigenvalue weighted by Gasteiger charge is -2.17. The van der Waals surface area contributed by atoms with E-state index >= 15 is 0 Å². The summed E-state index contributed by atoms with van der Waals surface area (Å²) < 4.78 is 0. The number of aliphatic carboxylic acids is 1. The van der Waals surface area contributed by atoms with Crippen molar-refractivity contribution in [2.75, 3.05) is 39.4 Å². The summed E-state index contributed by atoms with van der Waals surface area (Å²) in [6, 6.07) is 0. The molecule has 0 aromatic carbocycles. The Balaban J connectivity index is 0.000000293. The van der Waals surface area contributed by atoms with Gasteiger partial charge >= 0.3 is 5.97 Å². The minimum absolute atomic E-state index is 0.0914. The molecule has 1 fully saturated rings. The van der Waals surface area contributed by atoms with Gasteiger partial charge in [-0.3, -0.25) is 4.79 Å². The molecule has 1 heterocycles. The molecular weight excluding hydrogens is 212 g/mol. The molecule has 0 aromatic rings. The van der Waals surface area contributed by atoms with E-state index in [0.717, 1.165) is 25.9 Å². The lowest BCUT2D eigenvalue weighted by atomic mass is 9.99. The van der Waals surface area contributed by atoms with Crippen LogP contribution in [0, 0.1) is 5.92 Å². The van der Waals surface area contributed by atoms with Crippen LogP contribution in [0.3, 0.4) is 0 Å². The smallest absolute Gasteiger partial charge is 0.306 e. The molecular formula is C10H22N2O4. The highest BCUT2D eigenvalue weighted by molar-refractivity contribution is 5.70. The first-order chi connectivity index (χ1) is 7.72. The lowest BCUT2D eigenvalue weighted by molar-refractivity contribution is -0.142. The maximum atomic E-state index is 10.3. The highest BCUT2D eigenvalue weighted by Gasteiger charge is 2.18. The van der Waals surface area contributed by atoms with Gasteiger partial charge in [0.2, 0.25) is 0 Å². The SMILES string of the molecule is O=C(O)C1CCNCC1.OCCNCCO. The van der Waals surface area contributed by atoms with Gasteiger partial charge in [-0.05, 0) is 25.9 Å². The summed E-state index contributed by atoms with van der Waals surface area (Å²) in [5.41, 5.74) is 0. The van der Waals surface area contributed by atoms with Gasteiger partial charge in [-0.2, -0.15) is 0 Å². The van der Waals surface area contributed by atoms with E-state index in [1.54, 1.807) is 0 Å². The third kappa shape index (κ3) is 8.60. The summed E-state index contributed by atoms with van der Waals surface area (Å²) in [7, 11) is 0. The van der Waals surface area contributed by atoms with Gasteiger partial charge in [-0.15, -0.1) is 0 Å². The van der Waals surface area contributed by atoms with Crippen molar-refractivity contribution in [3.63, 3.8) is 0 Å². The minimum Gasteiger partial charge on any atom is -0.481 e. The number of nitrogens with one attached hydrogen (secondary N) is 2. The Hall–Kier alpha value is -0.690. The Morgan fingerprint density at radius 2 is 1.69 bits per heavy atom. The molecule has 1 aliphatic rings. The van der Waals surface area contributed by atoms with E-state index in [4.69, 9.17) is 15.3 Å². The summed E-state index contributed by atoms with van der Waals surface area (Å²) in [5, 5.41) is 30.7. The van der Waals surface area contributed by atoms with Crippen LogP contribution in [-0.4, -0.2) is 60.7 Å². The number of aliphatic hydroxyl groups is 2. The number of aliphatic hydroxyl groups excluding tert-OH is 2. The van der Waals surface area contributed by atoms with Crippen molar-refractivity contribution < 1.29 is 20.1 Å². The Kier molecular flexibility index (Phi) is 10.3. The van der Waals surface area contributed by atoms with Crippen LogP contribution in [0.15, 0.2) is 0 Å². The quantitative estimate of drug-likeness (QED) is 0.376.